The first-order valence-corrected chi connectivity index (χ1v) is 13.0. The number of sulfonamides is 1. The number of amides is 1. The van der Waals surface area contributed by atoms with Crippen molar-refractivity contribution in [2.75, 3.05) is 13.1 Å². The number of hydrogen-bond donors (Lipinski definition) is 1. The molecule has 0 spiro atoms. The van der Waals surface area contributed by atoms with Gasteiger partial charge in [0.15, 0.2) is 0 Å². The molecule has 1 fully saturated rings. The number of rotatable bonds is 6. The van der Waals surface area contributed by atoms with Crippen LogP contribution in [0.1, 0.15) is 67.9 Å². The highest BCUT2D eigenvalue weighted by atomic mass is 35.5. The number of fused-ring (bicyclic) bond motifs is 1. The Labute approximate surface area is 195 Å². The molecule has 2 aliphatic heterocycles. The van der Waals surface area contributed by atoms with Gasteiger partial charge in [-0.15, -0.1) is 0 Å². The third-order valence-electron chi connectivity index (χ3n) is 6.67. The van der Waals surface area contributed by atoms with Crippen LogP contribution >= 0.6 is 11.6 Å². The Kier molecular flexibility index (Phi) is 6.52. The van der Waals surface area contributed by atoms with Crippen LogP contribution in [0.25, 0.3) is 0 Å². The lowest BCUT2D eigenvalue weighted by atomic mass is 9.83. The topological polar surface area (TPSA) is 75.7 Å². The molecule has 172 valence electrons. The van der Waals surface area contributed by atoms with Crippen LogP contribution in [-0.2, 0) is 10.0 Å². The van der Waals surface area contributed by atoms with E-state index in [4.69, 9.17) is 16.3 Å². The van der Waals surface area contributed by atoms with Crippen LogP contribution in [0.5, 0.6) is 5.75 Å². The van der Waals surface area contributed by atoms with E-state index in [0.717, 1.165) is 37.0 Å². The van der Waals surface area contributed by atoms with Gasteiger partial charge in [-0.25, -0.2) is 8.42 Å². The Hall–Kier alpha value is -2.09. The maximum atomic E-state index is 13.2. The largest absolute Gasteiger partial charge is 0.487 e. The molecule has 1 atom stereocenters. The Morgan fingerprint density at radius 2 is 1.84 bits per heavy atom. The fraction of sp³-hybridized carbons (Fsp3) is 0.458. The first-order chi connectivity index (χ1) is 15.3. The number of halogens is 1. The van der Waals surface area contributed by atoms with Crippen LogP contribution in [0.15, 0.2) is 47.4 Å². The van der Waals surface area contributed by atoms with Gasteiger partial charge in [0.2, 0.25) is 10.0 Å². The minimum absolute atomic E-state index is 0.0162. The molecule has 0 saturated carbocycles. The van der Waals surface area contributed by atoms with Crippen molar-refractivity contribution in [2.45, 2.75) is 62.5 Å². The van der Waals surface area contributed by atoms with E-state index in [-0.39, 0.29) is 33.0 Å². The van der Waals surface area contributed by atoms with Gasteiger partial charge >= 0.3 is 0 Å². The first kappa shape index (κ1) is 23.1. The van der Waals surface area contributed by atoms with Crippen molar-refractivity contribution in [1.82, 2.24) is 9.62 Å². The maximum absolute atomic E-state index is 13.2. The molecule has 0 radical (unpaired) electrons. The molecule has 2 aliphatic rings. The van der Waals surface area contributed by atoms with Gasteiger partial charge in [-0.3, -0.25) is 4.79 Å². The van der Waals surface area contributed by atoms with Crippen LogP contribution in [0, 0.1) is 0 Å². The molecule has 0 aliphatic carbocycles. The Balaban J connectivity index is 1.63. The molecule has 8 heteroatoms. The fourth-order valence-corrected chi connectivity index (χ4v) is 6.60. The van der Waals surface area contributed by atoms with Crippen molar-refractivity contribution in [3.8, 4) is 5.75 Å². The lowest BCUT2D eigenvalue weighted by Crippen LogP contribution is -2.44. The summed E-state index contributed by atoms with van der Waals surface area (Å²) in [7, 11) is -3.73. The molecular weight excluding hydrogens is 448 g/mol. The molecule has 2 aromatic rings. The van der Waals surface area contributed by atoms with Crippen molar-refractivity contribution in [2.24, 2.45) is 0 Å². The van der Waals surface area contributed by atoms with E-state index in [9.17, 15) is 13.2 Å². The van der Waals surface area contributed by atoms with Crippen molar-refractivity contribution < 1.29 is 17.9 Å². The second-order valence-electron chi connectivity index (χ2n) is 8.52. The van der Waals surface area contributed by atoms with E-state index in [1.165, 1.54) is 16.4 Å². The van der Waals surface area contributed by atoms with Crippen LogP contribution in [0.3, 0.4) is 0 Å². The normalized spacial score (nSPS) is 20.4. The number of ether oxygens (including phenoxy) is 1. The number of nitrogens with one attached hydrogen (secondary N) is 1. The fourth-order valence-electron chi connectivity index (χ4n) is 4.58. The van der Waals surface area contributed by atoms with Crippen LogP contribution in [0.4, 0.5) is 0 Å². The number of hydrogen-bond acceptors (Lipinski definition) is 4. The zero-order valence-electron chi connectivity index (χ0n) is 18.4. The van der Waals surface area contributed by atoms with Gasteiger partial charge in [0.05, 0.1) is 11.1 Å². The second-order valence-corrected chi connectivity index (χ2v) is 10.8. The third-order valence-corrected chi connectivity index (χ3v) is 9.05. The predicted molar refractivity (Wildman–Crippen MR) is 125 cm³/mol. The van der Waals surface area contributed by atoms with E-state index >= 15 is 0 Å². The van der Waals surface area contributed by atoms with Gasteiger partial charge in [-0.05, 0) is 49.9 Å². The van der Waals surface area contributed by atoms with Gasteiger partial charge < -0.3 is 10.1 Å². The first-order valence-electron chi connectivity index (χ1n) is 11.2. The molecule has 0 unspecified atom stereocenters. The van der Waals surface area contributed by atoms with Crippen LogP contribution in [0.2, 0.25) is 5.02 Å². The lowest BCUT2D eigenvalue weighted by molar-refractivity contribution is 0.0227. The standard InChI is InChI=1S/C24H29ClN2O4S/c1-3-24(4-2)16-20(18-9-5-6-10-21(18)31-24)26-23(28)17-11-12-19(25)22(15-17)32(29,30)27-13-7-8-14-27/h5-6,9-12,15,20H,3-4,7-8,13-14,16H2,1-2H3,(H,26,28)/t20-/m0/s1. The summed E-state index contributed by atoms with van der Waals surface area (Å²) in [5.41, 5.74) is 0.850. The predicted octanol–water partition coefficient (Wildman–Crippen LogP) is 4.94. The van der Waals surface area contributed by atoms with Gasteiger partial charge in [-0.1, -0.05) is 43.6 Å². The van der Waals surface area contributed by atoms with Crippen molar-refractivity contribution >= 4 is 27.5 Å². The molecule has 4 rings (SSSR count). The highest BCUT2D eigenvalue weighted by molar-refractivity contribution is 7.89. The lowest BCUT2D eigenvalue weighted by Gasteiger charge is -2.41. The quantitative estimate of drug-likeness (QED) is 0.640. The summed E-state index contributed by atoms with van der Waals surface area (Å²) in [5.74, 6) is 0.448. The van der Waals surface area contributed by atoms with Gasteiger partial charge in [0, 0.05) is 30.6 Å². The SMILES string of the molecule is CCC1(CC)C[C@H](NC(=O)c2ccc(Cl)c(S(=O)(=O)N3CCCC3)c2)c2ccccc2O1. The molecule has 2 aromatic carbocycles. The Morgan fingerprint density at radius 3 is 2.53 bits per heavy atom. The third kappa shape index (κ3) is 4.26. The molecular formula is C24H29ClN2O4S. The van der Waals surface area contributed by atoms with Crippen molar-refractivity contribution in [3.05, 3.63) is 58.6 Å². The second kappa shape index (κ2) is 9.04. The average Bonchev–Trinajstić information content (AvgIpc) is 3.35. The van der Waals surface area contributed by atoms with Crippen molar-refractivity contribution in [1.29, 1.82) is 0 Å². The molecule has 6 nitrogen and oxygen atoms in total. The molecule has 0 aromatic heterocycles. The summed E-state index contributed by atoms with van der Waals surface area (Å²) < 4.78 is 33.8. The zero-order chi connectivity index (χ0) is 22.9. The summed E-state index contributed by atoms with van der Waals surface area (Å²) >= 11 is 6.24. The molecule has 1 amide bonds. The van der Waals surface area contributed by atoms with E-state index < -0.39 is 10.0 Å². The minimum atomic E-state index is -3.73. The smallest absolute Gasteiger partial charge is 0.251 e. The summed E-state index contributed by atoms with van der Waals surface area (Å²) in [6.45, 7) is 5.13. The van der Waals surface area contributed by atoms with Crippen LogP contribution < -0.4 is 10.1 Å². The van der Waals surface area contributed by atoms with E-state index in [0.29, 0.717) is 19.5 Å². The summed E-state index contributed by atoms with van der Waals surface area (Å²) in [5, 5.41) is 3.24. The van der Waals surface area contributed by atoms with E-state index in [1.54, 1.807) is 6.07 Å². The Morgan fingerprint density at radius 1 is 1.16 bits per heavy atom. The molecule has 32 heavy (non-hydrogen) atoms. The Bertz CT molecular complexity index is 1110. The summed E-state index contributed by atoms with van der Waals surface area (Å²) in [6.07, 6.45) is 3.95. The van der Waals surface area contributed by atoms with Crippen molar-refractivity contribution in [3.63, 3.8) is 0 Å². The highest BCUT2D eigenvalue weighted by Crippen LogP contribution is 2.42. The number of nitrogens with zero attached hydrogens (tertiary/aromatic N) is 1. The number of benzene rings is 2. The highest BCUT2D eigenvalue weighted by Gasteiger charge is 2.39. The van der Waals surface area contributed by atoms with Gasteiger partial charge in [-0.2, -0.15) is 4.31 Å². The van der Waals surface area contributed by atoms with Gasteiger partial charge in [0.25, 0.3) is 5.91 Å². The van der Waals surface area contributed by atoms with Gasteiger partial charge in [0.1, 0.15) is 16.2 Å². The minimum Gasteiger partial charge on any atom is -0.487 e. The van der Waals surface area contributed by atoms with E-state index in [1.807, 2.05) is 24.3 Å². The average molecular weight is 477 g/mol. The molecule has 1 saturated heterocycles. The molecule has 0 bridgehead atoms. The molecule has 1 N–H and O–H groups in total. The number of para-hydroxylation sites is 1. The number of carbonyl (C=O) groups is 1. The maximum Gasteiger partial charge on any atom is 0.251 e. The molecule has 2 heterocycles. The number of carbonyl (C=O) groups excluding carboxylic acids is 1. The van der Waals surface area contributed by atoms with E-state index in [2.05, 4.69) is 19.2 Å². The monoisotopic (exact) mass is 476 g/mol. The zero-order valence-corrected chi connectivity index (χ0v) is 20.0. The van der Waals surface area contributed by atoms with Crippen LogP contribution in [-0.4, -0.2) is 37.3 Å². The summed E-state index contributed by atoms with van der Waals surface area (Å²) in [6, 6.07) is 11.9. The summed E-state index contributed by atoms with van der Waals surface area (Å²) in [4.78, 5) is 13.2.